The molecule has 1 N–H and O–H groups in total. The molecule has 0 fully saturated rings. The minimum absolute atomic E-state index is 0.164. The molecule has 3 rings (SSSR count). The number of nitrogens with zero attached hydrogens (tertiary/aromatic N) is 1. The van der Waals surface area contributed by atoms with E-state index in [0.29, 0.717) is 17.9 Å². The van der Waals surface area contributed by atoms with Crippen LogP contribution in [0.5, 0.6) is 11.5 Å². The van der Waals surface area contributed by atoms with E-state index in [0.717, 1.165) is 23.1 Å². The number of rotatable bonds is 7. The molecule has 0 saturated carbocycles. The van der Waals surface area contributed by atoms with Crippen LogP contribution in [0.2, 0.25) is 0 Å². The lowest BCUT2D eigenvalue weighted by atomic mass is 10.2. The monoisotopic (exact) mass is 352 g/mol. The first kappa shape index (κ1) is 17.5. The average molecular weight is 352 g/mol. The van der Waals surface area contributed by atoms with E-state index in [9.17, 15) is 4.79 Å². The number of ether oxygens (including phenoxy) is 2. The van der Waals surface area contributed by atoms with E-state index in [1.54, 1.807) is 25.5 Å². The second-order valence-electron chi connectivity index (χ2n) is 5.57. The van der Waals surface area contributed by atoms with Crippen LogP contribution in [0.15, 0.2) is 58.0 Å². The number of benzene rings is 2. The first-order valence-corrected chi connectivity index (χ1v) is 8.34. The molecule has 3 aromatic rings. The van der Waals surface area contributed by atoms with Gasteiger partial charge in [-0.2, -0.15) is 5.10 Å². The lowest BCUT2D eigenvalue weighted by Gasteiger charge is -2.07. The quantitative estimate of drug-likeness (QED) is 0.515. The fraction of sp³-hybridized carbons (Fsp3) is 0.200. The summed E-state index contributed by atoms with van der Waals surface area (Å²) in [7, 11) is 1.55. The number of fused-ring (bicyclic) bond motifs is 1. The third kappa shape index (κ3) is 3.85. The third-order valence-corrected chi connectivity index (χ3v) is 3.70. The minimum Gasteiger partial charge on any atom is -0.493 e. The standard InChI is InChI=1S/C20H20N2O4/c1-3-11-25-16-9-5-4-7-15(16)13-21-22-20(23)18-12-14-8-6-10-17(24-2)19(14)26-18/h4-10,12-13H,3,11H2,1-2H3,(H,22,23)/b21-13-. The van der Waals surface area contributed by atoms with Gasteiger partial charge in [-0.3, -0.25) is 4.79 Å². The first-order chi connectivity index (χ1) is 12.7. The third-order valence-electron chi connectivity index (χ3n) is 3.70. The van der Waals surface area contributed by atoms with E-state index in [4.69, 9.17) is 13.9 Å². The van der Waals surface area contributed by atoms with Crippen molar-refractivity contribution in [1.82, 2.24) is 5.43 Å². The maximum atomic E-state index is 12.3. The van der Waals surface area contributed by atoms with Crippen LogP contribution < -0.4 is 14.9 Å². The summed E-state index contributed by atoms with van der Waals surface area (Å²) in [5, 5.41) is 4.79. The zero-order valence-electron chi connectivity index (χ0n) is 14.7. The molecule has 1 heterocycles. The lowest BCUT2D eigenvalue weighted by Crippen LogP contribution is -2.16. The molecule has 0 aliphatic carbocycles. The smallest absolute Gasteiger partial charge is 0.307 e. The van der Waals surface area contributed by atoms with Gasteiger partial charge in [-0.05, 0) is 30.7 Å². The predicted molar refractivity (Wildman–Crippen MR) is 100 cm³/mol. The number of carbonyl (C=O) groups excluding carboxylic acids is 1. The normalized spacial score (nSPS) is 11.0. The molecule has 1 amide bonds. The number of hydrogen-bond acceptors (Lipinski definition) is 5. The van der Waals surface area contributed by atoms with Crippen molar-refractivity contribution in [2.24, 2.45) is 5.10 Å². The van der Waals surface area contributed by atoms with Crippen LogP contribution in [-0.4, -0.2) is 25.8 Å². The minimum atomic E-state index is -0.438. The molecule has 0 unspecified atom stereocenters. The van der Waals surface area contributed by atoms with Gasteiger partial charge in [-0.25, -0.2) is 5.43 Å². The van der Waals surface area contributed by atoms with E-state index in [1.807, 2.05) is 43.3 Å². The highest BCUT2D eigenvalue weighted by molar-refractivity contribution is 5.97. The van der Waals surface area contributed by atoms with Gasteiger partial charge in [-0.1, -0.05) is 31.2 Å². The lowest BCUT2D eigenvalue weighted by molar-refractivity contribution is 0.0929. The van der Waals surface area contributed by atoms with Crippen molar-refractivity contribution in [3.05, 3.63) is 59.9 Å². The largest absolute Gasteiger partial charge is 0.493 e. The van der Waals surface area contributed by atoms with Crippen LogP contribution in [0.3, 0.4) is 0 Å². The van der Waals surface area contributed by atoms with E-state index >= 15 is 0 Å². The van der Waals surface area contributed by atoms with Crippen molar-refractivity contribution in [2.75, 3.05) is 13.7 Å². The number of nitrogens with one attached hydrogen (secondary N) is 1. The van der Waals surface area contributed by atoms with Gasteiger partial charge in [-0.15, -0.1) is 0 Å². The molecule has 1 aromatic heterocycles. The Morgan fingerprint density at radius 2 is 2.00 bits per heavy atom. The molecule has 6 nitrogen and oxygen atoms in total. The van der Waals surface area contributed by atoms with Crippen molar-refractivity contribution in [3.8, 4) is 11.5 Å². The van der Waals surface area contributed by atoms with Gasteiger partial charge in [0.1, 0.15) is 5.75 Å². The molecule has 0 saturated heterocycles. The Labute approximate surface area is 151 Å². The Balaban J connectivity index is 1.72. The van der Waals surface area contributed by atoms with Gasteiger partial charge in [0, 0.05) is 10.9 Å². The SMILES string of the molecule is CCCOc1ccccc1/C=N\NC(=O)c1cc2cccc(OC)c2o1. The topological polar surface area (TPSA) is 73.1 Å². The second-order valence-corrected chi connectivity index (χ2v) is 5.57. The van der Waals surface area contributed by atoms with Crippen LogP contribution in [0, 0.1) is 0 Å². The summed E-state index contributed by atoms with van der Waals surface area (Å²) in [4.78, 5) is 12.3. The fourth-order valence-corrected chi connectivity index (χ4v) is 2.46. The summed E-state index contributed by atoms with van der Waals surface area (Å²) < 4.78 is 16.5. The summed E-state index contributed by atoms with van der Waals surface area (Å²) in [6.45, 7) is 2.66. The summed E-state index contributed by atoms with van der Waals surface area (Å²) in [5.74, 6) is 1.02. The molecule has 0 aliphatic heterocycles. The number of hydrazone groups is 1. The number of amides is 1. The molecule has 0 bridgehead atoms. The Morgan fingerprint density at radius 3 is 2.81 bits per heavy atom. The highest BCUT2D eigenvalue weighted by Gasteiger charge is 2.14. The fourth-order valence-electron chi connectivity index (χ4n) is 2.46. The molecule has 2 aromatic carbocycles. The van der Waals surface area contributed by atoms with Crippen molar-refractivity contribution >= 4 is 23.1 Å². The van der Waals surface area contributed by atoms with Crippen molar-refractivity contribution in [1.29, 1.82) is 0 Å². The van der Waals surface area contributed by atoms with Crippen molar-refractivity contribution < 1.29 is 18.7 Å². The van der Waals surface area contributed by atoms with Crippen LogP contribution in [-0.2, 0) is 0 Å². The highest BCUT2D eigenvalue weighted by atomic mass is 16.5. The molecule has 6 heteroatoms. The number of carbonyl (C=O) groups is 1. The average Bonchev–Trinajstić information content (AvgIpc) is 3.11. The van der Waals surface area contributed by atoms with Gasteiger partial charge in [0.25, 0.3) is 0 Å². The molecule has 0 atom stereocenters. The molecule has 0 spiro atoms. The van der Waals surface area contributed by atoms with Gasteiger partial charge in [0.05, 0.1) is 19.9 Å². The van der Waals surface area contributed by atoms with Gasteiger partial charge < -0.3 is 13.9 Å². The van der Waals surface area contributed by atoms with E-state index in [-0.39, 0.29) is 5.76 Å². The zero-order chi connectivity index (χ0) is 18.4. The van der Waals surface area contributed by atoms with E-state index < -0.39 is 5.91 Å². The molecular formula is C20H20N2O4. The predicted octanol–water partition coefficient (Wildman–Crippen LogP) is 3.99. The van der Waals surface area contributed by atoms with Gasteiger partial charge in [0.2, 0.25) is 0 Å². The zero-order valence-corrected chi connectivity index (χ0v) is 14.7. The molecule has 0 radical (unpaired) electrons. The molecular weight excluding hydrogens is 332 g/mol. The Hall–Kier alpha value is -3.28. The summed E-state index contributed by atoms with van der Waals surface area (Å²) in [5.41, 5.74) is 3.78. The summed E-state index contributed by atoms with van der Waals surface area (Å²) in [6, 6.07) is 14.6. The number of para-hydroxylation sites is 2. The number of furan rings is 1. The molecule has 0 aliphatic rings. The maximum Gasteiger partial charge on any atom is 0.307 e. The summed E-state index contributed by atoms with van der Waals surface area (Å²) in [6.07, 6.45) is 2.46. The molecule has 26 heavy (non-hydrogen) atoms. The summed E-state index contributed by atoms with van der Waals surface area (Å²) >= 11 is 0. The van der Waals surface area contributed by atoms with Crippen molar-refractivity contribution in [2.45, 2.75) is 13.3 Å². The number of hydrogen-bond donors (Lipinski definition) is 1. The van der Waals surface area contributed by atoms with Crippen LogP contribution in [0.1, 0.15) is 29.5 Å². The van der Waals surface area contributed by atoms with Crippen LogP contribution in [0.4, 0.5) is 0 Å². The maximum absolute atomic E-state index is 12.3. The van der Waals surface area contributed by atoms with Crippen molar-refractivity contribution in [3.63, 3.8) is 0 Å². The van der Waals surface area contributed by atoms with Gasteiger partial charge in [0.15, 0.2) is 17.1 Å². The molecule has 134 valence electrons. The Morgan fingerprint density at radius 1 is 1.19 bits per heavy atom. The van der Waals surface area contributed by atoms with E-state index in [1.165, 1.54) is 0 Å². The Kier molecular flexibility index (Phi) is 5.53. The second kappa shape index (κ2) is 8.20. The highest BCUT2D eigenvalue weighted by Crippen LogP contribution is 2.28. The van der Waals surface area contributed by atoms with Crippen LogP contribution in [0.25, 0.3) is 11.0 Å². The number of methoxy groups -OCH3 is 1. The first-order valence-electron chi connectivity index (χ1n) is 8.34. The van der Waals surface area contributed by atoms with E-state index in [2.05, 4.69) is 10.5 Å². The Bertz CT molecular complexity index is 930. The van der Waals surface area contributed by atoms with Gasteiger partial charge >= 0.3 is 5.91 Å². The van der Waals surface area contributed by atoms with Crippen LogP contribution >= 0.6 is 0 Å².